The Morgan fingerprint density at radius 1 is 0.933 bits per heavy atom. The van der Waals surface area contributed by atoms with E-state index in [2.05, 4.69) is 5.32 Å². The summed E-state index contributed by atoms with van der Waals surface area (Å²) in [4.78, 5) is 40.1. The molecule has 152 valence electrons. The zero-order valence-electron chi connectivity index (χ0n) is 17.6. The van der Waals surface area contributed by atoms with Crippen molar-refractivity contribution in [2.45, 2.75) is 33.2 Å². The summed E-state index contributed by atoms with van der Waals surface area (Å²) in [6, 6.07) is 16.6. The molecule has 3 aromatic carbocycles. The van der Waals surface area contributed by atoms with E-state index in [1.807, 2.05) is 75.4 Å². The fourth-order valence-electron chi connectivity index (χ4n) is 4.17. The van der Waals surface area contributed by atoms with Crippen molar-refractivity contribution in [3.63, 3.8) is 0 Å². The highest BCUT2D eigenvalue weighted by Crippen LogP contribution is 2.34. The first-order valence-electron chi connectivity index (χ1n) is 9.96. The summed E-state index contributed by atoms with van der Waals surface area (Å²) in [7, 11) is 0. The van der Waals surface area contributed by atoms with E-state index in [-0.39, 0.29) is 12.3 Å². The summed E-state index contributed by atoms with van der Waals surface area (Å²) in [5, 5.41) is 4.70. The molecule has 0 aromatic heterocycles. The van der Waals surface area contributed by atoms with Crippen molar-refractivity contribution in [2.24, 2.45) is 0 Å². The highest BCUT2D eigenvalue weighted by molar-refractivity contribution is 6.12. The molecule has 1 aliphatic rings. The van der Waals surface area contributed by atoms with E-state index in [1.54, 1.807) is 6.92 Å². The number of carbonyl (C=O) groups is 3. The Kier molecular flexibility index (Phi) is 4.69. The van der Waals surface area contributed by atoms with Gasteiger partial charge in [0.1, 0.15) is 5.54 Å². The minimum absolute atomic E-state index is 0.249. The van der Waals surface area contributed by atoms with Crippen molar-refractivity contribution in [2.75, 3.05) is 6.54 Å². The lowest BCUT2D eigenvalue weighted by Gasteiger charge is -2.24. The van der Waals surface area contributed by atoms with Gasteiger partial charge in [-0.05, 0) is 66.8 Å². The number of carbonyl (C=O) groups excluding carboxylic acids is 3. The van der Waals surface area contributed by atoms with Crippen LogP contribution in [0.4, 0.5) is 4.79 Å². The second kappa shape index (κ2) is 7.10. The smallest absolute Gasteiger partial charge is 0.319 e. The van der Waals surface area contributed by atoms with E-state index >= 15 is 0 Å². The van der Waals surface area contributed by atoms with Gasteiger partial charge < -0.3 is 5.32 Å². The molecule has 0 saturated carbocycles. The minimum atomic E-state index is -1.23. The molecule has 0 aliphatic carbocycles. The number of fused-ring (bicyclic) bond motifs is 1. The summed E-state index contributed by atoms with van der Waals surface area (Å²) < 4.78 is 0. The van der Waals surface area contributed by atoms with Crippen LogP contribution in [0.5, 0.6) is 0 Å². The predicted molar refractivity (Wildman–Crippen MR) is 117 cm³/mol. The fourth-order valence-corrected chi connectivity index (χ4v) is 4.17. The number of nitrogens with one attached hydrogen (secondary N) is 1. The molecule has 5 nitrogen and oxygen atoms in total. The molecule has 1 fully saturated rings. The predicted octanol–water partition coefficient (Wildman–Crippen LogP) is 4.41. The minimum Gasteiger partial charge on any atom is -0.319 e. The van der Waals surface area contributed by atoms with Crippen LogP contribution in [0, 0.1) is 20.8 Å². The largest absolute Gasteiger partial charge is 0.325 e. The van der Waals surface area contributed by atoms with Gasteiger partial charge in [-0.2, -0.15) is 0 Å². The number of hydrogen-bond acceptors (Lipinski definition) is 3. The second-order valence-corrected chi connectivity index (χ2v) is 8.15. The standard InChI is InChI=1S/C25H24N2O3/c1-15-12-17(3)20(13-16(15)2)22(28)14-27-23(29)25(4,26-24(27)30)21-11-7-9-18-8-5-6-10-19(18)21/h5-13H,14H2,1-4H3,(H,26,30)/t25-/m1/s1. The van der Waals surface area contributed by atoms with Gasteiger partial charge in [-0.15, -0.1) is 0 Å². The van der Waals surface area contributed by atoms with Crippen LogP contribution in [0.25, 0.3) is 10.8 Å². The van der Waals surface area contributed by atoms with E-state index in [4.69, 9.17) is 0 Å². The molecule has 0 spiro atoms. The van der Waals surface area contributed by atoms with E-state index in [1.165, 1.54) is 0 Å². The highest BCUT2D eigenvalue weighted by Gasteiger charge is 2.50. The Labute approximate surface area is 175 Å². The molecule has 30 heavy (non-hydrogen) atoms. The number of urea groups is 1. The molecule has 1 atom stereocenters. The van der Waals surface area contributed by atoms with Gasteiger partial charge >= 0.3 is 6.03 Å². The quantitative estimate of drug-likeness (QED) is 0.521. The molecule has 1 aliphatic heterocycles. The zero-order valence-corrected chi connectivity index (χ0v) is 17.6. The third kappa shape index (κ3) is 3.07. The van der Waals surface area contributed by atoms with Crippen LogP contribution < -0.4 is 5.32 Å². The van der Waals surface area contributed by atoms with Gasteiger partial charge in [0.15, 0.2) is 5.78 Å². The van der Waals surface area contributed by atoms with E-state index in [0.717, 1.165) is 37.9 Å². The maximum Gasteiger partial charge on any atom is 0.325 e. The molecule has 5 heteroatoms. The van der Waals surface area contributed by atoms with Crippen molar-refractivity contribution in [3.05, 3.63) is 82.4 Å². The van der Waals surface area contributed by atoms with Crippen LogP contribution >= 0.6 is 0 Å². The molecule has 3 amide bonds. The first-order chi connectivity index (χ1) is 14.2. The first-order valence-corrected chi connectivity index (χ1v) is 9.96. The van der Waals surface area contributed by atoms with Gasteiger partial charge in [0, 0.05) is 5.56 Å². The van der Waals surface area contributed by atoms with Gasteiger partial charge in [-0.1, -0.05) is 48.5 Å². The van der Waals surface area contributed by atoms with Crippen molar-refractivity contribution in [1.29, 1.82) is 0 Å². The van der Waals surface area contributed by atoms with Crippen molar-refractivity contribution in [3.8, 4) is 0 Å². The lowest BCUT2D eigenvalue weighted by atomic mass is 9.87. The molecule has 1 saturated heterocycles. The van der Waals surface area contributed by atoms with Crippen molar-refractivity contribution < 1.29 is 14.4 Å². The Bertz CT molecular complexity index is 1210. The summed E-state index contributed by atoms with van der Waals surface area (Å²) >= 11 is 0. The Balaban J connectivity index is 1.68. The number of hydrogen-bond donors (Lipinski definition) is 1. The number of benzene rings is 3. The Morgan fingerprint density at radius 3 is 2.37 bits per heavy atom. The summed E-state index contributed by atoms with van der Waals surface area (Å²) in [6.07, 6.45) is 0. The second-order valence-electron chi connectivity index (χ2n) is 8.15. The number of amides is 3. The topological polar surface area (TPSA) is 66.5 Å². The SMILES string of the molecule is Cc1cc(C)c(C(=O)CN2C(=O)N[C@](C)(c3cccc4ccccc34)C2=O)cc1C. The molecular weight excluding hydrogens is 376 g/mol. The molecule has 0 radical (unpaired) electrons. The average molecular weight is 400 g/mol. The van der Waals surface area contributed by atoms with Gasteiger partial charge in [0.25, 0.3) is 5.91 Å². The molecule has 0 bridgehead atoms. The monoisotopic (exact) mass is 400 g/mol. The normalized spacial score (nSPS) is 18.7. The van der Waals surface area contributed by atoms with Crippen LogP contribution in [-0.2, 0) is 10.3 Å². The highest BCUT2D eigenvalue weighted by atomic mass is 16.2. The number of rotatable bonds is 4. The molecule has 4 rings (SSSR count). The van der Waals surface area contributed by atoms with Crippen LogP contribution in [0.15, 0.2) is 54.6 Å². The van der Waals surface area contributed by atoms with Gasteiger partial charge in [0.05, 0.1) is 6.54 Å². The maximum absolute atomic E-state index is 13.3. The zero-order chi connectivity index (χ0) is 21.6. The number of imide groups is 1. The summed E-state index contributed by atoms with van der Waals surface area (Å²) in [5.41, 5.74) is 2.97. The van der Waals surface area contributed by atoms with Gasteiger partial charge in [0.2, 0.25) is 0 Å². The number of Topliss-reactive ketones (excluding diaryl/α,β-unsaturated/α-hetero) is 1. The van der Waals surface area contributed by atoms with Crippen LogP contribution in [-0.4, -0.2) is 29.2 Å². The molecule has 0 unspecified atom stereocenters. The summed E-state index contributed by atoms with van der Waals surface area (Å²) in [6.45, 7) is 7.21. The van der Waals surface area contributed by atoms with Crippen LogP contribution in [0.2, 0.25) is 0 Å². The van der Waals surface area contributed by atoms with Crippen LogP contribution in [0.3, 0.4) is 0 Å². The lowest BCUT2D eigenvalue weighted by molar-refractivity contribution is -0.130. The first kappa shape index (κ1) is 19.8. The van der Waals surface area contributed by atoms with E-state index < -0.39 is 17.5 Å². The Hall–Kier alpha value is -3.47. The Morgan fingerprint density at radius 2 is 1.60 bits per heavy atom. The number of nitrogens with zero attached hydrogens (tertiary/aromatic N) is 1. The molecule has 3 aromatic rings. The van der Waals surface area contributed by atoms with E-state index in [0.29, 0.717) is 5.56 Å². The molecule has 1 N–H and O–H groups in total. The third-order valence-corrected chi connectivity index (χ3v) is 6.05. The number of aryl methyl sites for hydroxylation is 3. The van der Waals surface area contributed by atoms with Crippen molar-refractivity contribution in [1.82, 2.24) is 10.2 Å². The van der Waals surface area contributed by atoms with Gasteiger partial charge in [-0.25, -0.2) is 4.79 Å². The van der Waals surface area contributed by atoms with E-state index in [9.17, 15) is 14.4 Å². The van der Waals surface area contributed by atoms with Gasteiger partial charge in [-0.3, -0.25) is 14.5 Å². The number of ketones is 1. The molecule has 1 heterocycles. The van der Waals surface area contributed by atoms with Crippen LogP contribution in [0.1, 0.15) is 39.5 Å². The third-order valence-electron chi connectivity index (χ3n) is 6.05. The summed E-state index contributed by atoms with van der Waals surface area (Å²) in [5.74, 6) is -0.667. The lowest BCUT2D eigenvalue weighted by Crippen LogP contribution is -2.41. The van der Waals surface area contributed by atoms with Crippen molar-refractivity contribution >= 4 is 28.5 Å². The fraction of sp³-hybridized carbons (Fsp3) is 0.240. The molecular formula is C25H24N2O3. The average Bonchev–Trinajstić information content (AvgIpc) is 2.94. The maximum atomic E-state index is 13.3.